The predicted molar refractivity (Wildman–Crippen MR) is 76.0 cm³/mol. The first-order chi connectivity index (χ1) is 8.73. The Labute approximate surface area is 116 Å². The maximum absolute atomic E-state index is 11.9. The molecule has 1 unspecified atom stereocenters. The van der Waals surface area contributed by atoms with E-state index < -0.39 is 23.2 Å². The van der Waals surface area contributed by atoms with Gasteiger partial charge in [0.25, 0.3) is 0 Å². The molecule has 0 fully saturated rings. The van der Waals surface area contributed by atoms with Crippen LogP contribution in [-0.2, 0) is 9.59 Å². The zero-order valence-electron chi connectivity index (χ0n) is 12.8. The lowest BCUT2D eigenvalue weighted by Crippen LogP contribution is -2.45. The number of hydrogen-bond donors (Lipinski definition) is 2. The molecule has 0 aliphatic heterocycles. The minimum atomic E-state index is -1.06. The zero-order chi connectivity index (χ0) is 15.1. The summed E-state index contributed by atoms with van der Waals surface area (Å²) in [5, 5.41) is 11.9. The number of carbonyl (C=O) groups is 2. The molecular weight excluding hydrogens is 244 g/mol. The number of carbonyl (C=O) groups excluding carboxylic acids is 1. The lowest BCUT2D eigenvalue weighted by molar-refractivity contribution is -0.151. The van der Waals surface area contributed by atoms with E-state index >= 15 is 0 Å². The molecule has 0 aromatic rings. The van der Waals surface area contributed by atoms with E-state index in [2.05, 4.69) is 24.1 Å². The number of amides is 1. The van der Waals surface area contributed by atoms with Crippen LogP contribution in [0.1, 0.15) is 41.0 Å². The molecule has 0 aliphatic carbocycles. The molecule has 5 nitrogen and oxygen atoms in total. The first kappa shape index (κ1) is 17.9. The summed E-state index contributed by atoms with van der Waals surface area (Å²) in [6.45, 7) is 12.7. The molecule has 0 aromatic carbocycles. The van der Waals surface area contributed by atoms with Crippen molar-refractivity contribution in [3.63, 3.8) is 0 Å². The van der Waals surface area contributed by atoms with Crippen molar-refractivity contribution in [3.05, 3.63) is 0 Å². The molecule has 0 radical (unpaired) electrons. The van der Waals surface area contributed by atoms with Gasteiger partial charge in [-0.3, -0.25) is 9.59 Å². The molecule has 1 amide bonds. The van der Waals surface area contributed by atoms with E-state index in [9.17, 15) is 9.59 Å². The molecule has 0 bridgehead atoms. The van der Waals surface area contributed by atoms with Crippen LogP contribution in [-0.4, -0.2) is 48.1 Å². The molecule has 19 heavy (non-hydrogen) atoms. The first-order valence-electron chi connectivity index (χ1n) is 6.96. The van der Waals surface area contributed by atoms with Gasteiger partial charge < -0.3 is 15.3 Å². The second kappa shape index (κ2) is 8.15. The number of nitrogens with zero attached hydrogens (tertiary/aromatic N) is 1. The fourth-order valence-electron chi connectivity index (χ4n) is 2.06. The molecule has 0 saturated carbocycles. The maximum Gasteiger partial charge on any atom is 0.316 e. The van der Waals surface area contributed by atoms with Gasteiger partial charge in [0.2, 0.25) is 5.91 Å². The highest BCUT2D eigenvalue weighted by Crippen LogP contribution is 2.26. The summed E-state index contributed by atoms with van der Waals surface area (Å²) in [7, 11) is 0. The third-order valence-electron chi connectivity index (χ3n) is 3.09. The highest BCUT2D eigenvalue weighted by molar-refractivity contribution is 5.97. The van der Waals surface area contributed by atoms with Crippen LogP contribution in [0, 0.1) is 11.3 Å². The number of carboxylic acids is 1. The van der Waals surface area contributed by atoms with E-state index in [0.29, 0.717) is 6.54 Å². The number of nitrogens with one attached hydrogen (secondary N) is 1. The van der Waals surface area contributed by atoms with Gasteiger partial charge in [0, 0.05) is 13.1 Å². The molecule has 0 aromatic heterocycles. The smallest absolute Gasteiger partial charge is 0.316 e. The molecule has 0 aliphatic rings. The van der Waals surface area contributed by atoms with E-state index in [-0.39, 0.29) is 0 Å². The minimum absolute atomic E-state index is 0.396. The van der Waals surface area contributed by atoms with Crippen molar-refractivity contribution in [2.45, 2.75) is 41.0 Å². The van der Waals surface area contributed by atoms with Crippen LogP contribution in [0.15, 0.2) is 0 Å². The Hall–Kier alpha value is -1.10. The Morgan fingerprint density at radius 3 is 2.16 bits per heavy atom. The number of carboxylic acid groups (broad SMARTS) is 1. The lowest BCUT2D eigenvalue weighted by Gasteiger charge is -2.26. The van der Waals surface area contributed by atoms with Crippen LogP contribution < -0.4 is 5.32 Å². The molecule has 5 heteroatoms. The second-order valence-corrected chi connectivity index (χ2v) is 5.86. The third kappa shape index (κ3) is 6.57. The van der Waals surface area contributed by atoms with Crippen LogP contribution >= 0.6 is 0 Å². The van der Waals surface area contributed by atoms with Gasteiger partial charge in [-0.05, 0) is 24.9 Å². The van der Waals surface area contributed by atoms with Crippen LogP contribution in [0.4, 0.5) is 0 Å². The quantitative estimate of drug-likeness (QED) is 0.658. The van der Waals surface area contributed by atoms with Crippen LogP contribution in [0.2, 0.25) is 0 Å². The summed E-state index contributed by atoms with van der Waals surface area (Å²) in [6.07, 6.45) is 1.07. The van der Waals surface area contributed by atoms with Crippen molar-refractivity contribution in [1.82, 2.24) is 10.2 Å². The Morgan fingerprint density at radius 1 is 1.21 bits per heavy atom. The molecule has 1 atom stereocenters. The van der Waals surface area contributed by atoms with Crippen LogP contribution in [0.25, 0.3) is 0 Å². The second-order valence-electron chi connectivity index (χ2n) is 5.86. The topological polar surface area (TPSA) is 69.6 Å². The monoisotopic (exact) mass is 272 g/mol. The van der Waals surface area contributed by atoms with Gasteiger partial charge in [-0.1, -0.05) is 34.6 Å². The van der Waals surface area contributed by atoms with Gasteiger partial charge in [-0.2, -0.15) is 0 Å². The molecular formula is C14H28N2O3. The van der Waals surface area contributed by atoms with Crippen molar-refractivity contribution >= 4 is 11.9 Å². The summed E-state index contributed by atoms with van der Waals surface area (Å²) in [4.78, 5) is 25.3. The minimum Gasteiger partial charge on any atom is -0.481 e. The summed E-state index contributed by atoms with van der Waals surface area (Å²) < 4.78 is 0. The van der Waals surface area contributed by atoms with E-state index in [1.54, 1.807) is 20.8 Å². The van der Waals surface area contributed by atoms with Gasteiger partial charge in [0.15, 0.2) is 0 Å². The average Bonchev–Trinajstić information content (AvgIpc) is 2.25. The molecule has 2 N–H and O–H groups in total. The molecule has 0 heterocycles. The van der Waals surface area contributed by atoms with Crippen molar-refractivity contribution in [1.29, 1.82) is 0 Å². The van der Waals surface area contributed by atoms with E-state index in [1.165, 1.54) is 0 Å². The average molecular weight is 272 g/mol. The summed E-state index contributed by atoms with van der Waals surface area (Å²) >= 11 is 0. The predicted octanol–water partition coefficient (Wildman–Crippen LogP) is 1.58. The van der Waals surface area contributed by atoms with Crippen molar-refractivity contribution in [3.8, 4) is 0 Å². The summed E-state index contributed by atoms with van der Waals surface area (Å²) in [6, 6.07) is 0. The Balaban J connectivity index is 4.32. The Morgan fingerprint density at radius 2 is 1.79 bits per heavy atom. The standard InChI is InChI=1S/C14H28N2O3/c1-6-9-16(7-2)10-8-15-12(17)11(13(18)19)14(3,4)5/h11H,6-10H2,1-5H3,(H,15,17)(H,18,19). The normalized spacial score (nSPS) is 13.4. The molecule has 0 spiro atoms. The van der Waals surface area contributed by atoms with Crippen molar-refractivity contribution in [2.24, 2.45) is 11.3 Å². The van der Waals surface area contributed by atoms with E-state index in [1.807, 2.05) is 0 Å². The van der Waals surface area contributed by atoms with E-state index in [4.69, 9.17) is 5.11 Å². The largest absolute Gasteiger partial charge is 0.481 e. The van der Waals surface area contributed by atoms with Crippen molar-refractivity contribution in [2.75, 3.05) is 26.2 Å². The van der Waals surface area contributed by atoms with Gasteiger partial charge >= 0.3 is 5.97 Å². The van der Waals surface area contributed by atoms with Crippen LogP contribution in [0.5, 0.6) is 0 Å². The fraction of sp³-hybridized carbons (Fsp3) is 0.857. The highest BCUT2D eigenvalue weighted by Gasteiger charge is 2.37. The molecule has 0 rings (SSSR count). The highest BCUT2D eigenvalue weighted by atomic mass is 16.4. The number of rotatable bonds is 8. The third-order valence-corrected chi connectivity index (χ3v) is 3.09. The fourth-order valence-corrected chi connectivity index (χ4v) is 2.06. The summed E-state index contributed by atoms with van der Waals surface area (Å²) in [5.41, 5.74) is -0.580. The van der Waals surface area contributed by atoms with Gasteiger partial charge in [0.1, 0.15) is 5.92 Å². The molecule has 0 saturated heterocycles. The molecule has 112 valence electrons. The van der Waals surface area contributed by atoms with E-state index in [0.717, 1.165) is 26.1 Å². The SMILES string of the molecule is CCCN(CC)CCNC(=O)C(C(=O)O)C(C)(C)C. The number of likely N-dealkylation sites (N-methyl/N-ethyl adjacent to an activating group) is 1. The van der Waals surface area contributed by atoms with Crippen molar-refractivity contribution < 1.29 is 14.7 Å². The summed E-state index contributed by atoms with van der Waals surface area (Å²) in [5.74, 6) is -2.47. The number of hydrogen-bond acceptors (Lipinski definition) is 3. The van der Waals surface area contributed by atoms with Gasteiger partial charge in [0.05, 0.1) is 0 Å². The number of aliphatic carboxylic acids is 1. The van der Waals surface area contributed by atoms with Gasteiger partial charge in [-0.15, -0.1) is 0 Å². The Bertz CT molecular complexity index is 298. The zero-order valence-corrected chi connectivity index (χ0v) is 12.8. The maximum atomic E-state index is 11.9. The Kier molecular flexibility index (Phi) is 7.68. The lowest BCUT2D eigenvalue weighted by atomic mass is 9.80. The van der Waals surface area contributed by atoms with Gasteiger partial charge in [-0.25, -0.2) is 0 Å². The first-order valence-corrected chi connectivity index (χ1v) is 6.96. The van der Waals surface area contributed by atoms with Crippen LogP contribution in [0.3, 0.4) is 0 Å².